The SMILES string of the molecule is CNC(=O)[C@@H]1CCCCN1SC1=C(C(=O)O)N2C(=O)[C@H]([C@@H](C)O)[C@H]2C1. The van der Waals surface area contributed by atoms with E-state index in [4.69, 9.17) is 0 Å². The molecule has 3 N–H and O–H groups in total. The van der Waals surface area contributed by atoms with Crippen LogP contribution in [-0.4, -0.2) is 69.0 Å². The molecule has 25 heavy (non-hydrogen) atoms. The van der Waals surface area contributed by atoms with Gasteiger partial charge in [-0.25, -0.2) is 9.10 Å². The molecule has 3 aliphatic rings. The molecule has 0 aromatic carbocycles. The van der Waals surface area contributed by atoms with Crippen LogP contribution in [-0.2, 0) is 14.4 Å². The van der Waals surface area contributed by atoms with Crippen molar-refractivity contribution >= 4 is 29.7 Å². The number of likely N-dealkylation sites (N-methyl/N-ethyl adjacent to an activating group) is 1. The summed E-state index contributed by atoms with van der Waals surface area (Å²) in [6, 6.07) is -0.604. The van der Waals surface area contributed by atoms with Gasteiger partial charge in [0.15, 0.2) is 0 Å². The topological polar surface area (TPSA) is 110 Å². The molecule has 4 atom stereocenters. The van der Waals surface area contributed by atoms with Crippen LogP contribution in [0, 0.1) is 5.92 Å². The van der Waals surface area contributed by atoms with Crippen LogP contribution in [0.15, 0.2) is 10.6 Å². The first-order valence-corrected chi connectivity index (χ1v) is 9.28. The van der Waals surface area contributed by atoms with Gasteiger partial charge in [-0.1, -0.05) is 6.42 Å². The van der Waals surface area contributed by atoms with Crippen molar-refractivity contribution in [2.45, 2.75) is 50.8 Å². The zero-order chi connectivity index (χ0) is 18.3. The number of piperidine rings is 1. The van der Waals surface area contributed by atoms with Crippen molar-refractivity contribution in [1.29, 1.82) is 0 Å². The lowest BCUT2D eigenvalue weighted by molar-refractivity contribution is -0.161. The predicted octanol–water partition coefficient (Wildman–Crippen LogP) is 0.143. The Labute approximate surface area is 150 Å². The summed E-state index contributed by atoms with van der Waals surface area (Å²) < 4.78 is 1.92. The van der Waals surface area contributed by atoms with Crippen LogP contribution in [0.1, 0.15) is 32.6 Å². The van der Waals surface area contributed by atoms with E-state index in [0.29, 0.717) is 17.9 Å². The van der Waals surface area contributed by atoms with Gasteiger partial charge >= 0.3 is 5.97 Å². The number of carbonyl (C=O) groups is 3. The quantitative estimate of drug-likeness (QED) is 0.467. The minimum absolute atomic E-state index is 0.00173. The third kappa shape index (κ3) is 3.04. The summed E-state index contributed by atoms with van der Waals surface area (Å²) in [4.78, 5) is 37.9. The molecule has 2 amide bonds. The number of hydrogen-bond acceptors (Lipinski definition) is 6. The highest BCUT2D eigenvalue weighted by molar-refractivity contribution is 8.01. The summed E-state index contributed by atoms with van der Waals surface area (Å²) in [5.41, 5.74) is -0.00173. The van der Waals surface area contributed by atoms with Gasteiger partial charge in [0.25, 0.3) is 0 Å². The molecule has 8 nitrogen and oxygen atoms in total. The van der Waals surface area contributed by atoms with Crippen molar-refractivity contribution in [3.8, 4) is 0 Å². The Morgan fingerprint density at radius 3 is 2.68 bits per heavy atom. The van der Waals surface area contributed by atoms with Crippen molar-refractivity contribution < 1.29 is 24.6 Å². The number of β-lactam (4-membered cyclic amide) rings is 1. The molecule has 0 aromatic heterocycles. The molecule has 0 aromatic rings. The van der Waals surface area contributed by atoms with Crippen LogP contribution in [0.3, 0.4) is 0 Å². The molecule has 3 heterocycles. The smallest absolute Gasteiger partial charge is 0.353 e. The average molecular weight is 369 g/mol. The number of aliphatic hydroxyl groups is 1. The van der Waals surface area contributed by atoms with E-state index < -0.39 is 18.0 Å². The molecule has 0 spiro atoms. The van der Waals surface area contributed by atoms with Gasteiger partial charge in [-0.15, -0.1) is 0 Å². The summed E-state index contributed by atoms with van der Waals surface area (Å²) in [6.07, 6.45) is 2.23. The van der Waals surface area contributed by atoms with Gasteiger partial charge in [-0.05, 0) is 31.7 Å². The highest BCUT2D eigenvalue weighted by Gasteiger charge is 2.57. The fraction of sp³-hybridized carbons (Fsp3) is 0.688. The van der Waals surface area contributed by atoms with E-state index in [1.54, 1.807) is 14.0 Å². The minimum Gasteiger partial charge on any atom is -0.477 e. The lowest BCUT2D eigenvalue weighted by Gasteiger charge is -2.44. The maximum atomic E-state index is 12.2. The van der Waals surface area contributed by atoms with Crippen LogP contribution < -0.4 is 5.32 Å². The Morgan fingerprint density at radius 2 is 2.08 bits per heavy atom. The molecular formula is C16H23N3O5S. The normalized spacial score (nSPS) is 30.8. The summed E-state index contributed by atoms with van der Waals surface area (Å²) >= 11 is 1.28. The molecule has 0 aliphatic carbocycles. The Hall–Kier alpha value is -1.58. The molecule has 0 saturated carbocycles. The number of fused-ring (bicyclic) bond motifs is 1. The number of rotatable bonds is 5. The van der Waals surface area contributed by atoms with Gasteiger partial charge in [0.1, 0.15) is 5.70 Å². The van der Waals surface area contributed by atoms with E-state index in [-0.39, 0.29) is 29.6 Å². The number of aliphatic hydroxyl groups excluding tert-OH is 1. The Bertz CT molecular complexity index is 635. The van der Waals surface area contributed by atoms with Gasteiger partial charge in [0.05, 0.1) is 24.1 Å². The second kappa shape index (κ2) is 6.97. The summed E-state index contributed by atoms with van der Waals surface area (Å²) in [5, 5.41) is 22.0. The number of carbonyl (C=O) groups excluding carboxylic acids is 2. The molecule has 9 heteroatoms. The first-order valence-electron chi connectivity index (χ1n) is 8.50. The van der Waals surface area contributed by atoms with E-state index in [1.807, 2.05) is 4.31 Å². The summed E-state index contributed by atoms with van der Waals surface area (Å²) in [5.74, 6) is -2.11. The molecule has 3 rings (SSSR count). The Morgan fingerprint density at radius 1 is 1.36 bits per heavy atom. The van der Waals surface area contributed by atoms with Crippen LogP contribution in [0.4, 0.5) is 0 Å². The third-order valence-corrected chi connectivity index (χ3v) is 6.37. The van der Waals surface area contributed by atoms with Crippen molar-refractivity contribution in [2.24, 2.45) is 5.92 Å². The highest BCUT2D eigenvalue weighted by Crippen LogP contribution is 2.48. The molecule has 0 unspecified atom stereocenters. The van der Waals surface area contributed by atoms with Gasteiger partial charge in [-0.3, -0.25) is 9.59 Å². The lowest BCUT2D eigenvalue weighted by Crippen LogP contribution is -2.61. The largest absolute Gasteiger partial charge is 0.477 e. The molecule has 3 aliphatic heterocycles. The van der Waals surface area contributed by atoms with E-state index in [0.717, 1.165) is 19.3 Å². The molecular weight excluding hydrogens is 346 g/mol. The number of nitrogens with zero attached hydrogens (tertiary/aromatic N) is 2. The highest BCUT2D eigenvalue weighted by atomic mass is 32.2. The van der Waals surface area contributed by atoms with Crippen LogP contribution in [0.25, 0.3) is 0 Å². The second-order valence-electron chi connectivity index (χ2n) is 6.68. The van der Waals surface area contributed by atoms with Gasteiger partial charge < -0.3 is 20.4 Å². The molecule has 2 fully saturated rings. The summed E-state index contributed by atoms with van der Waals surface area (Å²) in [6.45, 7) is 2.25. The molecule has 138 valence electrons. The zero-order valence-electron chi connectivity index (χ0n) is 14.3. The first-order chi connectivity index (χ1) is 11.9. The number of carboxylic acids is 1. The maximum Gasteiger partial charge on any atom is 0.353 e. The number of nitrogens with one attached hydrogen (secondary N) is 1. The number of aliphatic carboxylic acids is 1. The number of hydrogen-bond donors (Lipinski definition) is 3. The monoisotopic (exact) mass is 369 g/mol. The molecule has 0 bridgehead atoms. The van der Waals surface area contributed by atoms with Crippen LogP contribution in [0.2, 0.25) is 0 Å². The van der Waals surface area contributed by atoms with Gasteiger partial charge in [0.2, 0.25) is 11.8 Å². The van der Waals surface area contributed by atoms with Crippen molar-refractivity contribution in [3.05, 3.63) is 10.6 Å². The van der Waals surface area contributed by atoms with E-state index in [9.17, 15) is 24.6 Å². The van der Waals surface area contributed by atoms with Gasteiger partial charge in [0, 0.05) is 24.9 Å². The van der Waals surface area contributed by atoms with Crippen LogP contribution >= 0.6 is 11.9 Å². The van der Waals surface area contributed by atoms with E-state index in [1.165, 1.54) is 16.8 Å². The zero-order valence-corrected chi connectivity index (χ0v) is 15.1. The van der Waals surface area contributed by atoms with Crippen molar-refractivity contribution in [1.82, 2.24) is 14.5 Å². The fourth-order valence-corrected chi connectivity index (χ4v) is 5.25. The van der Waals surface area contributed by atoms with E-state index >= 15 is 0 Å². The van der Waals surface area contributed by atoms with E-state index in [2.05, 4.69) is 5.32 Å². The Kier molecular flexibility index (Phi) is 5.08. The van der Waals surface area contributed by atoms with Crippen molar-refractivity contribution in [3.63, 3.8) is 0 Å². The number of carboxylic acid groups (broad SMARTS) is 1. The third-order valence-electron chi connectivity index (χ3n) is 5.12. The molecule has 2 saturated heterocycles. The fourth-order valence-electron chi connectivity index (χ4n) is 3.90. The first kappa shape index (κ1) is 18.2. The predicted molar refractivity (Wildman–Crippen MR) is 91.1 cm³/mol. The lowest BCUT2D eigenvalue weighted by atomic mass is 9.83. The second-order valence-corrected chi connectivity index (χ2v) is 7.83. The molecule has 0 radical (unpaired) electrons. The summed E-state index contributed by atoms with van der Waals surface area (Å²) in [7, 11) is 1.59. The van der Waals surface area contributed by atoms with Gasteiger partial charge in [-0.2, -0.15) is 0 Å². The van der Waals surface area contributed by atoms with Crippen molar-refractivity contribution in [2.75, 3.05) is 13.6 Å². The Balaban J connectivity index is 1.82. The minimum atomic E-state index is -1.14. The van der Waals surface area contributed by atoms with Crippen LogP contribution in [0.5, 0.6) is 0 Å². The average Bonchev–Trinajstić information content (AvgIpc) is 2.88. The number of amides is 2. The maximum absolute atomic E-state index is 12.2. The standard InChI is InChI=1S/C16H23N3O5S/c1-8(20)12-10-7-11(13(16(23)24)19(10)15(12)22)25-18-6-4-3-5-9(18)14(21)17-2/h8-10,12,20H,3-7H2,1-2H3,(H,17,21)(H,23,24)/t8-,9+,10-,12-/m1/s1.